The fourth-order valence-corrected chi connectivity index (χ4v) is 3.22. The Labute approximate surface area is 153 Å². The van der Waals surface area contributed by atoms with E-state index in [1.54, 1.807) is 32.4 Å². The summed E-state index contributed by atoms with van der Waals surface area (Å²) in [6.07, 6.45) is 0. The number of nitrogens with zero attached hydrogens (tertiary/aromatic N) is 1. The zero-order valence-electron chi connectivity index (χ0n) is 14.4. The first-order valence-electron chi connectivity index (χ1n) is 7.58. The summed E-state index contributed by atoms with van der Waals surface area (Å²) in [5.41, 5.74) is 1.49. The zero-order valence-corrected chi connectivity index (χ0v) is 15.2. The van der Waals surface area contributed by atoms with E-state index in [4.69, 9.17) is 9.47 Å². The maximum Gasteiger partial charge on any atom is 0.337 e. The number of nitrogens with one attached hydrogen (secondary N) is 1. The lowest BCUT2D eigenvalue weighted by Crippen LogP contribution is -2.12. The Morgan fingerprint density at radius 2 is 1.58 bits per heavy atom. The predicted octanol–water partition coefficient (Wildman–Crippen LogP) is 3.35. The quantitative estimate of drug-likeness (QED) is 0.691. The summed E-state index contributed by atoms with van der Waals surface area (Å²) >= 11 is 1.33. The molecule has 0 bridgehead atoms. The number of aromatic nitrogens is 1. The molecule has 26 heavy (non-hydrogen) atoms. The van der Waals surface area contributed by atoms with Crippen molar-refractivity contribution < 1.29 is 23.8 Å². The SMILES string of the molecule is COC(=O)c1ccc(C(=O)Nc2nc3cc(OC)c(OC)cc3s2)cc1. The van der Waals surface area contributed by atoms with E-state index < -0.39 is 5.97 Å². The Balaban J connectivity index is 1.81. The molecule has 0 aliphatic rings. The van der Waals surface area contributed by atoms with Crippen molar-refractivity contribution in [3.8, 4) is 11.5 Å². The summed E-state index contributed by atoms with van der Waals surface area (Å²) in [7, 11) is 4.42. The van der Waals surface area contributed by atoms with Crippen LogP contribution in [0.15, 0.2) is 36.4 Å². The number of ether oxygens (including phenoxy) is 3. The number of esters is 1. The van der Waals surface area contributed by atoms with Gasteiger partial charge in [0.1, 0.15) is 0 Å². The molecule has 1 aromatic heterocycles. The summed E-state index contributed by atoms with van der Waals surface area (Å²) in [5, 5.41) is 3.21. The van der Waals surface area contributed by atoms with E-state index >= 15 is 0 Å². The first-order valence-corrected chi connectivity index (χ1v) is 8.39. The molecule has 0 saturated heterocycles. The molecule has 1 N–H and O–H groups in total. The number of thiazole rings is 1. The van der Waals surface area contributed by atoms with Gasteiger partial charge in [-0.05, 0) is 24.3 Å². The van der Waals surface area contributed by atoms with Gasteiger partial charge in [-0.25, -0.2) is 9.78 Å². The van der Waals surface area contributed by atoms with Crippen molar-refractivity contribution in [2.45, 2.75) is 0 Å². The lowest BCUT2D eigenvalue weighted by Gasteiger charge is -2.05. The maximum atomic E-state index is 12.4. The largest absolute Gasteiger partial charge is 0.493 e. The van der Waals surface area contributed by atoms with E-state index in [2.05, 4.69) is 15.0 Å². The number of carbonyl (C=O) groups excluding carboxylic acids is 2. The molecule has 0 saturated carbocycles. The molecular formula is C18H16N2O5S. The number of fused-ring (bicyclic) bond motifs is 1. The third-order valence-electron chi connectivity index (χ3n) is 3.68. The van der Waals surface area contributed by atoms with Crippen molar-refractivity contribution in [2.24, 2.45) is 0 Å². The van der Waals surface area contributed by atoms with E-state index in [0.29, 0.717) is 33.3 Å². The van der Waals surface area contributed by atoms with E-state index in [1.807, 2.05) is 6.07 Å². The summed E-state index contributed by atoms with van der Waals surface area (Å²) in [5.74, 6) is 0.395. The van der Waals surface area contributed by atoms with Gasteiger partial charge in [0.05, 0.1) is 37.1 Å². The number of carbonyl (C=O) groups is 2. The fraction of sp³-hybridized carbons (Fsp3) is 0.167. The minimum Gasteiger partial charge on any atom is -0.493 e. The number of methoxy groups -OCH3 is 3. The highest BCUT2D eigenvalue weighted by Gasteiger charge is 2.14. The van der Waals surface area contributed by atoms with Crippen LogP contribution in [0.5, 0.6) is 11.5 Å². The van der Waals surface area contributed by atoms with Crippen LogP contribution in [-0.4, -0.2) is 38.2 Å². The summed E-state index contributed by atoms with van der Waals surface area (Å²) in [6.45, 7) is 0. The van der Waals surface area contributed by atoms with E-state index in [-0.39, 0.29) is 5.91 Å². The third kappa shape index (κ3) is 3.45. The van der Waals surface area contributed by atoms with Gasteiger partial charge in [-0.2, -0.15) is 0 Å². The van der Waals surface area contributed by atoms with Gasteiger partial charge in [-0.15, -0.1) is 0 Å². The highest BCUT2D eigenvalue weighted by Crippen LogP contribution is 2.36. The van der Waals surface area contributed by atoms with Crippen molar-refractivity contribution in [1.29, 1.82) is 0 Å². The average Bonchev–Trinajstić information content (AvgIpc) is 3.07. The minimum atomic E-state index is -0.453. The topological polar surface area (TPSA) is 86.8 Å². The van der Waals surface area contributed by atoms with Crippen LogP contribution in [0.1, 0.15) is 20.7 Å². The summed E-state index contributed by atoms with van der Waals surface area (Å²) < 4.78 is 16.0. The molecule has 8 heteroatoms. The lowest BCUT2D eigenvalue weighted by molar-refractivity contribution is 0.0600. The van der Waals surface area contributed by atoms with Crippen LogP contribution in [0.2, 0.25) is 0 Å². The second kappa shape index (κ2) is 7.40. The lowest BCUT2D eigenvalue weighted by atomic mass is 10.1. The standard InChI is InChI=1S/C18H16N2O5S/c1-23-13-8-12-15(9-14(13)24-2)26-18(19-12)20-16(21)10-4-6-11(7-5-10)17(22)25-3/h4-9H,1-3H3,(H,19,20,21). The van der Waals surface area contributed by atoms with Crippen LogP contribution in [-0.2, 0) is 4.74 Å². The van der Waals surface area contributed by atoms with Crippen LogP contribution in [0.3, 0.4) is 0 Å². The van der Waals surface area contributed by atoms with Gasteiger partial charge in [-0.1, -0.05) is 11.3 Å². The zero-order chi connectivity index (χ0) is 18.7. The monoisotopic (exact) mass is 372 g/mol. The molecule has 134 valence electrons. The second-order valence-corrected chi connectivity index (χ2v) is 6.25. The molecule has 0 radical (unpaired) electrons. The van der Waals surface area contributed by atoms with Crippen molar-refractivity contribution >= 4 is 38.6 Å². The van der Waals surface area contributed by atoms with Crippen LogP contribution in [0, 0.1) is 0 Å². The molecule has 0 atom stereocenters. The molecule has 1 heterocycles. The Hall–Kier alpha value is -3.13. The number of hydrogen-bond acceptors (Lipinski definition) is 7. The van der Waals surface area contributed by atoms with Crippen LogP contribution in [0.4, 0.5) is 5.13 Å². The number of anilines is 1. The number of hydrogen-bond donors (Lipinski definition) is 1. The van der Waals surface area contributed by atoms with E-state index in [9.17, 15) is 9.59 Å². The molecule has 0 fully saturated rings. The maximum absolute atomic E-state index is 12.4. The molecule has 0 spiro atoms. The molecule has 3 rings (SSSR count). The van der Waals surface area contributed by atoms with Crippen LogP contribution >= 0.6 is 11.3 Å². The Morgan fingerprint density at radius 1 is 0.962 bits per heavy atom. The Kier molecular flexibility index (Phi) is 5.04. The Bertz CT molecular complexity index is 925. The molecule has 3 aromatic rings. The highest BCUT2D eigenvalue weighted by atomic mass is 32.1. The Morgan fingerprint density at radius 3 is 2.19 bits per heavy atom. The van der Waals surface area contributed by atoms with Gasteiger partial charge in [0, 0.05) is 17.7 Å². The fourth-order valence-electron chi connectivity index (χ4n) is 2.35. The van der Waals surface area contributed by atoms with Gasteiger partial charge in [0.25, 0.3) is 5.91 Å². The van der Waals surface area contributed by atoms with Gasteiger partial charge in [0.2, 0.25) is 0 Å². The van der Waals surface area contributed by atoms with Gasteiger partial charge < -0.3 is 14.2 Å². The second-order valence-electron chi connectivity index (χ2n) is 5.22. The van der Waals surface area contributed by atoms with Crippen molar-refractivity contribution in [3.05, 3.63) is 47.5 Å². The van der Waals surface area contributed by atoms with Crippen LogP contribution in [0.25, 0.3) is 10.2 Å². The first-order chi connectivity index (χ1) is 12.5. The van der Waals surface area contributed by atoms with Crippen molar-refractivity contribution in [3.63, 3.8) is 0 Å². The average molecular weight is 372 g/mol. The summed E-state index contributed by atoms with van der Waals surface area (Å²) in [4.78, 5) is 28.2. The molecule has 7 nitrogen and oxygen atoms in total. The van der Waals surface area contributed by atoms with Crippen molar-refractivity contribution in [1.82, 2.24) is 4.98 Å². The molecule has 1 amide bonds. The number of benzene rings is 2. The van der Waals surface area contributed by atoms with Crippen LogP contribution < -0.4 is 14.8 Å². The predicted molar refractivity (Wildman–Crippen MR) is 98.5 cm³/mol. The highest BCUT2D eigenvalue weighted by molar-refractivity contribution is 7.22. The van der Waals surface area contributed by atoms with Gasteiger partial charge in [0.15, 0.2) is 16.6 Å². The van der Waals surface area contributed by atoms with Gasteiger partial charge in [-0.3, -0.25) is 10.1 Å². The minimum absolute atomic E-state index is 0.320. The molecular weight excluding hydrogens is 356 g/mol. The molecule has 0 unspecified atom stereocenters. The molecule has 0 aliphatic heterocycles. The number of amides is 1. The first kappa shape index (κ1) is 17.7. The van der Waals surface area contributed by atoms with Crippen molar-refractivity contribution in [2.75, 3.05) is 26.6 Å². The molecule has 2 aromatic carbocycles. The summed E-state index contributed by atoms with van der Waals surface area (Å²) in [6, 6.07) is 9.75. The van der Waals surface area contributed by atoms with E-state index in [0.717, 1.165) is 4.70 Å². The molecule has 0 aliphatic carbocycles. The normalized spacial score (nSPS) is 10.4. The third-order valence-corrected chi connectivity index (χ3v) is 4.62. The number of rotatable bonds is 5. The van der Waals surface area contributed by atoms with E-state index in [1.165, 1.54) is 30.6 Å². The smallest absolute Gasteiger partial charge is 0.337 e. The van der Waals surface area contributed by atoms with Gasteiger partial charge >= 0.3 is 5.97 Å².